The SMILES string of the molecule is C=C(C)[C@@H]1CC[C@]2(C(=O)O)CC[C@]3(C)[C@H](CC[C@@H]4[C@@]5(C)CC[C@H](OC(=O)C=Cc6ccc(O)c(O)c6)[C@@](C)(CO)[C@@H]5CC[C@]43C)[C@@H]12. The second-order valence-corrected chi connectivity index (χ2v) is 16.9. The maximum atomic E-state index is 13.0. The molecule has 46 heavy (non-hydrogen) atoms. The topological polar surface area (TPSA) is 124 Å². The van der Waals surface area contributed by atoms with Gasteiger partial charge in [0.05, 0.1) is 12.0 Å². The molecular formula is C39H54O7. The number of carbonyl (C=O) groups is 2. The largest absolute Gasteiger partial charge is 0.504 e. The third-order valence-corrected chi connectivity index (χ3v) is 15.2. The van der Waals surface area contributed by atoms with Gasteiger partial charge in [-0.1, -0.05) is 45.9 Å². The van der Waals surface area contributed by atoms with Crippen molar-refractivity contribution < 1.29 is 34.8 Å². The third kappa shape index (κ3) is 4.53. The van der Waals surface area contributed by atoms with Crippen molar-refractivity contribution >= 4 is 18.0 Å². The molecule has 0 aromatic heterocycles. The van der Waals surface area contributed by atoms with Crippen molar-refractivity contribution in [2.75, 3.05) is 6.61 Å². The number of benzene rings is 1. The Balaban J connectivity index is 1.26. The van der Waals surface area contributed by atoms with Crippen molar-refractivity contribution in [3.63, 3.8) is 0 Å². The summed E-state index contributed by atoms with van der Waals surface area (Å²) in [6, 6.07) is 4.37. The highest BCUT2D eigenvalue weighted by molar-refractivity contribution is 5.87. The number of hydrogen-bond donors (Lipinski definition) is 4. The molecule has 252 valence electrons. The van der Waals surface area contributed by atoms with Crippen molar-refractivity contribution in [1.29, 1.82) is 0 Å². The van der Waals surface area contributed by atoms with Crippen LogP contribution in [0.3, 0.4) is 0 Å². The number of carboxylic acids is 1. The van der Waals surface area contributed by atoms with Crippen LogP contribution in [0.25, 0.3) is 6.08 Å². The molecule has 5 fully saturated rings. The number of carbonyl (C=O) groups excluding carboxylic acids is 1. The third-order valence-electron chi connectivity index (χ3n) is 15.2. The normalized spacial score (nSPS) is 44.8. The summed E-state index contributed by atoms with van der Waals surface area (Å²) >= 11 is 0. The van der Waals surface area contributed by atoms with E-state index in [0.29, 0.717) is 23.8 Å². The summed E-state index contributed by atoms with van der Waals surface area (Å²) in [5.41, 5.74) is 0.526. The van der Waals surface area contributed by atoms with Crippen molar-refractivity contribution in [2.45, 2.75) is 105 Å². The van der Waals surface area contributed by atoms with E-state index in [1.807, 2.05) is 0 Å². The van der Waals surface area contributed by atoms with Crippen LogP contribution in [0.2, 0.25) is 0 Å². The van der Waals surface area contributed by atoms with Crippen LogP contribution in [-0.2, 0) is 14.3 Å². The van der Waals surface area contributed by atoms with Crippen LogP contribution in [0.5, 0.6) is 11.5 Å². The van der Waals surface area contributed by atoms with E-state index in [1.54, 1.807) is 12.1 Å². The number of aliphatic carboxylic acids is 1. The standard InChI is InChI=1S/C39H54O7/c1-23(2)25-13-18-39(34(44)45)20-19-37(5)26(33(25)39)9-11-30-35(3)16-15-31(36(4,22-40)29(35)14-17-38(30,37)6)46-32(43)12-8-24-7-10-27(41)28(42)21-24/h7-8,10,12,21,25-26,29-31,33,40-42H,1,9,11,13-20,22H2,2-6H3,(H,44,45)/t25-,26+,29+,30+,31-,33+,35-,36-,37+,38+,39-/m0/s1. The number of allylic oxidation sites excluding steroid dienone is 1. The van der Waals surface area contributed by atoms with Crippen LogP contribution in [0.1, 0.15) is 104 Å². The second kappa shape index (κ2) is 11.1. The lowest BCUT2D eigenvalue weighted by atomic mass is 9.32. The minimum absolute atomic E-state index is 0.0257. The van der Waals surface area contributed by atoms with Gasteiger partial charge in [0.15, 0.2) is 11.5 Å². The highest BCUT2D eigenvalue weighted by Gasteiger charge is 2.72. The Bertz CT molecular complexity index is 1450. The first-order chi connectivity index (χ1) is 21.6. The monoisotopic (exact) mass is 634 g/mol. The van der Waals surface area contributed by atoms with Gasteiger partial charge in [0, 0.05) is 11.5 Å². The molecule has 1 aromatic rings. The fraction of sp³-hybridized carbons (Fsp3) is 0.692. The van der Waals surface area contributed by atoms with E-state index in [0.717, 1.165) is 63.4 Å². The lowest BCUT2D eigenvalue weighted by Gasteiger charge is -2.72. The molecule has 0 saturated heterocycles. The molecule has 0 spiro atoms. The summed E-state index contributed by atoms with van der Waals surface area (Å²) < 4.78 is 6.09. The van der Waals surface area contributed by atoms with Crippen molar-refractivity contribution in [1.82, 2.24) is 0 Å². The van der Waals surface area contributed by atoms with E-state index in [-0.39, 0.29) is 52.1 Å². The summed E-state index contributed by atoms with van der Waals surface area (Å²) in [5.74, 6) is -0.180. The Kier molecular flexibility index (Phi) is 8.02. The fourth-order valence-electron chi connectivity index (χ4n) is 12.7. The molecule has 5 aliphatic rings. The average Bonchev–Trinajstić information content (AvgIpc) is 3.41. The van der Waals surface area contributed by atoms with Crippen LogP contribution in [-0.4, -0.2) is 45.1 Å². The van der Waals surface area contributed by atoms with Gasteiger partial charge in [-0.25, -0.2) is 4.79 Å². The molecule has 0 heterocycles. The summed E-state index contributed by atoms with van der Waals surface area (Å²) in [5, 5.41) is 41.0. The molecule has 0 amide bonds. The maximum Gasteiger partial charge on any atom is 0.331 e. The number of ether oxygens (including phenoxy) is 1. The number of carboxylic acid groups (broad SMARTS) is 1. The number of fused-ring (bicyclic) bond motifs is 7. The number of aliphatic hydroxyl groups is 1. The minimum Gasteiger partial charge on any atom is -0.504 e. The number of hydrogen-bond acceptors (Lipinski definition) is 6. The number of rotatable bonds is 6. The highest BCUT2D eigenvalue weighted by Crippen LogP contribution is 2.77. The first-order valence-electron chi connectivity index (χ1n) is 17.5. The van der Waals surface area contributed by atoms with Crippen LogP contribution in [0.15, 0.2) is 36.4 Å². The zero-order valence-electron chi connectivity index (χ0n) is 28.3. The zero-order valence-corrected chi connectivity index (χ0v) is 28.3. The summed E-state index contributed by atoms with van der Waals surface area (Å²) in [7, 11) is 0. The quantitative estimate of drug-likeness (QED) is 0.109. The predicted octanol–water partition coefficient (Wildman–Crippen LogP) is 7.74. The lowest BCUT2D eigenvalue weighted by Crippen LogP contribution is -2.68. The van der Waals surface area contributed by atoms with Gasteiger partial charge in [-0.3, -0.25) is 4.79 Å². The number of phenols is 2. The van der Waals surface area contributed by atoms with Crippen LogP contribution >= 0.6 is 0 Å². The molecule has 1 aromatic carbocycles. The van der Waals surface area contributed by atoms with Crippen LogP contribution in [0, 0.1) is 56.7 Å². The van der Waals surface area contributed by atoms with Gasteiger partial charge in [-0.05, 0) is 141 Å². The predicted molar refractivity (Wildman–Crippen MR) is 177 cm³/mol. The first kappa shape index (κ1) is 33.1. The molecular weight excluding hydrogens is 580 g/mol. The number of aliphatic hydroxyl groups excluding tert-OH is 1. The van der Waals surface area contributed by atoms with E-state index in [2.05, 4.69) is 41.2 Å². The average molecular weight is 635 g/mol. The number of esters is 1. The molecule has 5 aliphatic carbocycles. The molecule has 4 N–H and O–H groups in total. The van der Waals surface area contributed by atoms with Gasteiger partial charge in [0.25, 0.3) is 0 Å². The molecule has 7 heteroatoms. The van der Waals surface area contributed by atoms with Gasteiger partial charge in [-0.15, -0.1) is 0 Å². The molecule has 6 rings (SSSR count). The Hall–Kier alpha value is -2.80. The smallest absolute Gasteiger partial charge is 0.331 e. The number of phenolic OH excluding ortho intramolecular Hbond substituents is 2. The van der Waals surface area contributed by atoms with Gasteiger partial charge < -0.3 is 25.2 Å². The van der Waals surface area contributed by atoms with Crippen LogP contribution < -0.4 is 0 Å². The zero-order chi connectivity index (χ0) is 33.4. The van der Waals surface area contributed by atoms with Crippen molar-refractivity contribution in [2.24, 2.45) is 56.7 Å². The fourth-order valence-corrected chi connectivity index (χ4v) is 12.7. The molecule has 0 unspecified atom stereocenters. The molecule has 7 nitrogen and oxygen atoms in total. The lowest BCUT2D eigenvalue weighted by molar-refractivity contribution is -0.256. The van der Waals surface area contributed by atoms with Gasteiger partial charge in [0.1, 0.15) is 6.10 Å². The second-order valence-electron chi connectivity index (χ2n) is 16.9. The molecule has 0 aliphatic heterocycles. The van der Waals surface area contributed by atoms with Crippen molar-refractivity contribution in [3.8, 4) is 11.5 Å². The Morgan fingerprint density at radius 1 is 0.913 bits per heavy atom. The molecule has 0 bridgehead atoms. The molecule has 5 saturated carbocycles. The number of aromatic hydroxyl groups is 2. The van der Waals surface area contributed by atoms with E-state index in [9.17, 15) is 30.0 Å². The van der Waals surface area contributed by atoms with E-state index >= 15 is 0 Å². The summed E-state index contributed by atoms with van der Waals surface area (Å²) in [4.78, 5) is 26.0. The first-order valence-corrected chi connectivity index (χ1v) is 17.5. The van der Waals surface area contributed by atoms with Gasteiger partial charge >= 0.3 is 11.9 Å². The molecule has 0 radical (unpaired) electrons. The van der Waals surface area contributed by atoms with E-state index in [4.69, 9.17) is 4.74 Å². The summed E-state index contributed by atoms with van der Waals surface area (Å²) in [6.07, 6.45) is 11.5. The Morgan fingerprint density at radius 2 is 1.65 bits per heavy atom. The van der Waals surface area contributed by atoms with Crippen LogP contribution in [0.4, 0.5) is 0 Å². The Morgan fingerprint density at radius 3 is 2.30 bits per heavy atom. The maximum absolute atomic E-state index is 13.0. The molecule has 11 atom stereocenters. The Labute approximate surface area is 274 Å². The van der Waals surface area contributed by atoms with Crippen molar-refractivity contribution in [3.05, 3.63) is 42.0 Å². The minimum atomic E-state index is -0.632. The highest BCUT2D eigenvalue weighted by atomic mass is 16.5. The van der Waals surface area contributed by atoms with Gasteiger partial charge in [0.2, 0.25) is 0 Å². The summed E-state index contributed by atoms with van der Waals surface area (Å²) in [6.45, 7) is 15.9. The van der Waals surface area contributed by atoms with E-state index < -0.39 is 28.9 Å². The van der Waals surface area contributed by atoms with Gasteiger partial charge in [-0.2, -0.15) is 0 Å². The van der Waals surface area contributed by atoms with E-state index in [1.165, 1.54) is 18.2 Å².